The number of nitrogens with one attached hydrogen (secondary N) is 2. The molecule has 4 N–H and O–H groups in total. The van der Waals surface area contributed by atoms with Crippen LogP contribution in [0.25, 0.3) is 16.8 Å². The lowest BCUT2D eigenvalue weighted by Gasteiger charge is -2.15. The molecule has 0 saturated heterocycles. The lowest BCUT2D eigenvalue weighted by atomic mass is 10.0. The van der Waals surface area contributed by atoms with E-state index in [1.807, 2.05) is 42.5 Å². The molecule has 0 heterocycles. The molecule has 210 valence electrons. The molecule has 41 heavy (non-hydrogen) atoms. The summed E-state index contributed by atoms with van der Waals surface area (Å²) < 4.78 is 21.5. The number of nitrogens with zero attached hydrogens (tertiary/aromatic N) is 1. The van der Waals surface area contributed by atoms with E-state index in [-0.39, 0.29) is 11.5 Å². The largest absolute Gasteiger partial charge is 0.495 e. The highest BCUT2D eigenvalue weighted by atomic mass is 16.5. The van der Waals surface area contributed by atoms with Gasteiger partial charge in [0, 0.05) is 11.3 Å². The summed E-state index contributed by atoms with van der Waals surface area (Å²) in [6.07, 6.45) is 0. The lowest BCUT2D eigenvalue weighted by Crippen LogP contribution is -2.36. The molecule has 9 heteroatoms. The van der Waals surface area contributed by atoms with Gasteiger partial charge in [0.1, 0.15) is 5.75 Å². The molecule has 0 saturated carbocycles. The molecule has 0 spiro atoms. The minimum absolute atomic E-state index is 0.102. The van der Waals surface area contributed by atoms with Crippen molar-refractivity contribution in [2.75, 3.05) is 33.8 Å². The van der Waals surface area contributed by atoms with Gasteiger partial charge in [0.05, 0.1) is 39.8 Å². The van der Waals surface area contributed by atoms with Crippen LogP contribution < -0.4 is 35.3 Å². The second-order valence-electron chi connectivity index (χ2n) is 8.80. The predicted molar refractivity (Wildman–Crippen MR) is 162 cm³/mol. The summed E-state index contributed by atoms with van der Waals surface area (Å²) in [5.41, 5.74) is 11.3. The first-order chi connectivity index (χ1) is 19.9. The molecule has 0 aliphatic heterocycles. The monoisotopic (exact) mass is 552 g/mol. The molecular formula is C32H32N4O5. The Bertz CT molecular complexity index is 1540. The molecule has 0 aromatic heterocycles. The highest BCUT2D eigenvalue weighted by Crippen LogP contribution is 2.38. The number of methoxy groups -OCH3 is 4. The summed E-state index contributed by atoms with van der Waals surface area (Å²) in [5.74, 6) is 1.05. The van der Waals surface area contributed by atoms with Gasteiger partial charge < -0.3 is 30.0 Å². The molecule has 4 aromatic carbocycles. The number of hydrogen-bond donors (Lipinski definition) is 3. The summed E-state index contributed by atoms with van der Waals surface area (Å²) >= 11 is 0. The Balaban J connectivity index is 1.50. The highest BCUT2D eigenvalue weighted by Gasteiger charge is 2.17. The number of nitrogens with two attached hydrogens (primary N) is 1. The van der Waals surface area contributed by atoms with Gasteiger partial charge in [-0.15, -0.1) is 0 Å². The van der Waals surface area contributed by atoms with Crippen molar-refractivity contribution in [3.63, 3.8) is 0 Å². The van der Waals surface area contributed by atoms with E-state index in [2.05, 4.69) is 34.3 Å². The van der Waals surface area contributed by atoms with Crippen LogP contribution in [0.2, 0.25) is 0 Å². The van der Waals surface area contributed by atoms with Gasteiger partial charge in [-0.25, -0.2) is 4.99 Å². The van der Waals surface area contributed by atoms with Gasteiger partial charge in [-0.1, -0.05) is 61.2 Å². The van der Waals surface area contributed by atoms with E-state index in [0.29, 0.717) is 40.1 Å². The highest BCUT2D eigenvalue weighted by molar-refractivity contribution is 6.06. The van der Waals surface area contributed by atoms with E-state index in [0.717, 1.165) is 16.7 Å². The van der Waals surface area contributed by atoms with E-state index in [1.165, 1.54) is 33.5 Å². The van der Waals surface area contributed by atoms with Crippen molar-refractivity contribution in [1.82, 2.24) is 5.32 Å². The topological polar surface area (TPSA) is 116 Å². The van der Waals surface area contributed by atoms with Gasteiger partial charge in [-0.2, -0.15) is 0 Å². The Labute approximate surface area is 239 Å². The minimum atomic E-state index is -0.496. The first-order valence-electron chi connectivity index (χ1n) is 12.6. The maximum atomic E-state index is 12.9. The quantitative estimate of drug-likeness (QED) is 0.167. The maximum Gasteiger partial charge on any atom is 0.258 e. The number of hydrogen-bond acceptors (Lipinski definition) is 7. The molecule has 0 aliphatic rings. The van der Waals surface area contributed by atoms with Crippen LogP contribution in [-0.4, -0.2) is 40.3 Å². The lowest BCUT2D eigenvalue weighted by molar-refractivity contribution is 0.0976. The Kier molecular flexibility index (Phi) is 9.11. The molecule has 0 atom stereocenters. The maximum absolute atomic E-state index is 12.9. The van der Waals surface area contributed by atoms with Crippen molar-refractivity contribution in [3.8, 4) is 34.1 Å². The number of carbonyl (C=O) groups excluding carboxylic acids is 1. The van der Waals surface area contributed by atoms with E-state index >= 15 is 0 Å². The molecule has 0 aliphatic carbocycles. The average Bonchev–Trinajstić information content (AvgIpc) is 3.00. The van der Waals surface area contributed by atoms with Crippen molar-refractivity contribution in [2.24, 2.45) is 10.7 Å². The third-order valence-corrected chi connectivity index (χ3v) is 6.23. The van der Waals surface area contributed by atoms with Gasteiger partial charge in [0.15, 0.2) is 11.5 Å². The summed E-state index contributed by atoms with van der Waals surface area (Å²) in [4.78, 5) is 17.3. The number of guanidine groups is 1. The molecule has 0 unspecified atom stereocenters. The van der Waals surface area contributed by atoms with Gasteiger partial charge in [0.25, 0.3) is 5.91 Å². The minimum Gasteiger partial charge on any atom is -0.495 e. The summed E-state index contributed by atoms with van der Waals surface area (Å²) in [7, 11) is 6.00. The molecule has 0 radical (unpaired) electrons. The normalized spacial score (nSPS) is 10.9. The first kappa shape index (κ1) is 28.6. The molecule has 9 nitrogen and oxygen atoms in total. The third-order valence-electron chi connectivity index (χ3n) is 6.23. The van der Waals surface area contributed by atoms with Crippen LogP contribution in [0.15, 0.2) is 96.5 Å². The zero-order valence-corrected chi connectivity index (χ0v) is 23.4. The molecule has 4 rings (SSSR count). The molecule has 4 aromatic rings. The van der Waals surface area contributed by atoms with Gasteiger partial charge in [-0.3, -0.25) is 10.1 Å². The Morgan fingerprint density at radius 3 is 1.93 bits per heavy atom. The third kappa shape index (κ3) is 6.77. The van der Waals surface area contributed by atoms with Crippen molar-refractivity contribution in [3.05, 3.63) is 103 Å². The fourth-order valence-electron chi connectivity index (χ4n) is 4.16. The zero-order chi connectivity index (χ0) is 29.4. The standard InChI is InChI=1S/C32H32N4O5/c1-20(21-11-13-23(14-12-21)22-9-7-6-8-10-22)34-26-19-25(15-16-27(26)38-2)35-32(33)36-31(37)24-17-28(39-3)30(41-5)29(18-24)40-4/h6-19,34H,1H2,2-5H3,(H3,33,35,36,37). The Hall–Kier alpha value is -5.44. The van der Waals surface area contributed by atoms with Crippen molar-refractivity contribution < 1.29 is 23.7 Å². The van der Waals surface area contributed by atoms with Crippen LogP contribution >= 0.6 is 0 Å². The molecule has 0 fully saturated rings. The molecule has 1 amide bonds. The first-order valence-corrected chi connectivity index (χ1v) is 12.6. The van der Waals surface area contributed by atoms with Crippen LogP contribution in [0.3, 0.4) is 0 Å². The number of amides is 1. The number of carbonyl (C=O) groups is 1. The van der Waals surface area contributed by atoms with Crippen molar-refractivity contribution in [1.29, 1.82) is 0 Å². The van der Waals surface area contributed by atoms with Gasteiger partial charge >= 0.3 is 0 Å². The second-order valence-corrected chi connectivity index (χ2v) is 8.80. The number of rotatable bonds is 10. The van der Waals surface area contributed by atoms with Crippen LogP contribution in [0.4, 0.5) is 11.4 Å². The number of aliphatic imine (C=N–C) groups is 1. The summed E-state index contributed by atoms with van der Waals surface area (Å²) in [5, 5.41) is 5.88. The van der Waals surface area contributed by atoms with E-state index in [4.69, 9.17) is 24.7 Å². The Morgan fingerprint density at radius 2 is 1.34 bits per heavy atom. The van der Waals surface area contributed by atoms with E-state index < -0.39 is 5.91 Å². The summed E-state index contributed by atoms with van der Waals surface area (Å²) in [6, 6.07) is 26.5. The number of anilines is 1. The Morgan fingerprint density at radius 1 is 0.732 bits per heavy atom. The smallest absolute Gasteiger partial charge is 0.258 e. The van der Waals surface area contributed by atoms with Crippen LogP contribution in [0.1, 0.15) is 15.9 Å². The number of benzene rings is 4. The van der Waals surface area contributed by atoms with Crippen molar-refractivity contribution in [2.45, 2.75) is 0 Å². The second kappa shape index (κ2) is 13.1. The van der Waals surface area contributed by atoms with Gasteiger partial charge in [0.2, 0.25) is 11.7 Å². The molecule has 0 bridgehead atoms. The predicted octanol–water partition coefficient (Wildman–Crippen LogP) is 5.85. The fraction of sp³-hybridized carbons (Fsp3) is 0.125. The number of ether oxygens (including phenoxy) is 4. The van der Waals surface area contributed by atoms with Crippen LogP contribution in [-0.2, 0) is 0 Å². The van der Waals surface area contributed by atoms with Crippen LogP contribution in [0, 0.1) is 0 Å². The molecular weight excluding hydrogens is 520 g/mol. The van der Waals surface area contributed by atoms with Gasteiger partial charge in [-0.05, 0) is 47.0 Å². The van der Waals surface area contributed by atoms with E-state index in [1.54, 1.807) is 25.3 Å². The SMILES string of the molecule is C=C(Nc1cc(N=C(N)NC(=O)c2cc(OC)c(OC)c(OC)c2)ccc1OC)c1ccc(-c2ccccc2)cc1. The van der Waals surface area contributed by atoms with Crippen LogP contribution in [0.5, 0.6) is 23.0 Å². The summed E-state index contributed by atoms with van der Waals surface area (Å²) in [6.45, 7) is 4.19. The average molecular weight is 553 g/mol. The zero-order valence-electron chi connectivity index (χ0n) is 23.4. The van der Waals surface area contributed by atoms with E-state index in [9.17, 15) is 4.79 Å². The fourth-order valence-corrected chi connectivity index (χ4v) is 4.16. The van der Waals surface area contributed by atoms with Crippen molar-refractivity contribution >= 4 is 28.9 Å².